The molecule has 2 rings (SSSR count). The second-order valence-corrected chi connectivity index (χ2v) is 6.40. The van der Waals surface area contributed by atoms with Crippen LogP contribution in [0.5, 0.6) is 0 Å². The number of amides is 2. The van der Waals surface area contributed by atoms with E-state index in [1.54, 1.807) is 19.2 Å². The van der Waals surface area contributed by atoms with Crippen LogP contribution >= 0.6 is 0 Å². The van der Waals surface area contributed by atoms with Crippen molar-refractivity contribution in [2.45, 2.75) is 45.7 Å². The Morgan fingerprint density at radius 2 is 1.96 bits per heavy atom. The molecule has 2 unspecified atom stereocenters. The Kier molecular flexibility index (Phi) is 5.71. The maximum atomic E-state index is 12.2. The van der Waals surface area contributed by atoms with Crippen LogP contribution in [0, 0.1) is 12.8 Å². The summed E-state index contributed by atoms with van der Waals surface area (Å²) in [5.41, 5.74) is 7.11. The number of nitrogens with zero attached hydrogens (tertiary/aromatic N) is 2. The lowest BCUT2D eigenvalue weighted by Crippen LogP contribution is -2.49. The van der Waals surface area contributed by atoms with E-state index in [-0.39, 0.29) is 17.9 Å². The van der Waals surface area contributed by atoms with Gasteiger partial charge in [-0.2, -0.15) is 0 Å². The zero-order valence-electron chi connectivity index (χ0n) is 14.1. The molecule has 6 nitrogen and oxygen atoms in total. The van der Waals surface area contributed by atoms with Gasteiger partial charge >= 0.3 is 0 Å². The largest absolute Gasteiger partial charge is 0.349 e. The van der Waals surface area contributed by atoms with E-state index in [9.17, 15) is 9.59 Å². The average Bonchev–Trinajstić information content (AvgIpc) is 2.54. The zero-order valence-corrected chi connectivity index (χ0v) is 14.1. The normalized spacial score (nSPS) is 18.3. The number of aryl methyl sites for hydroxylation is 1. The van der Waals surface area contributed by atoms with Crippen molar-refractivity contribution in [1.29, 1.82) is 0 Å². The first-order chi connectivity index (χ1) is 10.9. The van der Waals surface area contributed by atoms with Crippen LogP contribution in [0.1, 0.15) is 42.7 Å². The fourth-order valence-corrected chi connectivity index (χ4v) is 2.92. The lowest BCUT2D eigenvalue weighted by Gasteiger charge is -2.35. The van der Waals surface area contributed by atoms with Gasteiger partial charge in [0.1, 0.15) is 0 Å². The Morgan fingerprint density at radius 1 is 1.30 bits per heavy atom. The number of nitrogens with one attached hydrogen (secondary N) is 1. The Bertz CT molecular complexity index is 548. The van der Waals surface area contributed by atoms with Gasteiger partial charge in [-0.05, 0) is 51.7 Å². The molecule has 0 aromatic carbocycles. The van der Waals surface area contributed by atoms with Crippen LogP contribution < -0.4 is 11.1 Å². The molecule has 0 radical (unpaired) electrons. The van der Waals surface area contributed by atoms with Crippen molar-refractivity contribution < 1.29 is 9.59 Å². The van der Waals surface area contributed by atoms with E-state index in [1.807, 2.05) is 24.8 Å². The molecule has 0 saturated carbocycles. The van der Waals surface area contributed by atoms with Crippen LogP contribution in [0.25, 0.3) is 0 Å². The van der Waals surface area contributed by atoms with Gasteiger partial charge in [0.05, 0.1) is 11.6 Å². The summed E-state index contributed by atoms with van der Waals surface area (Å²) in [6.45, 7) is 7.04. The molecule has 0 bridgehead atoms. The highest BCUT2D eigenvalue weighted by atomic mass is 16.2. The Morgan fingerprint density at radius 3 is 2.48 bits per heavy atom. The average molecular weight is 318 g/mol. The maximum Gasteiger partial charge on any atom is 0.253 e. The molecule has 126 valence electrons. The predicted octanol–water partition coefficient (Wildman–Crippen LogP) is 1.09. The smallest absolute Gasteiger partial charge is 0.253 e. The van der Waals surface area contributed by atoms with Gasteiger partial charge in [-0.15, -0.1) is 0 Å². The van der Waals surface area contributed by atoms with Crippen LogP contribution in [0.3, 0.4) is 0 Å². The number of likely N-dealkylation sites (tertiary alicyclic amines) is 1. The lowest BCUT2D eigenvalue weighted by molar-refractivity contribution is -0.133. The van der Waals surface area contributed by atoms with E-state index >= 15 is 0 Å². The maximum absolute atomic E-state index is 12.2. The highest BCUT2D eigenvalue weighted by Crippen LogP contribution is 2.21. The van der Waals surface area contributed by atoms with Crippen molar-refractivity contribution in [2.75, 3.05) is 13.1 Å². The van der Waals surface area contributed by atoms with E-state index in [0.29, 0.717) is 24.6 Å². The quantitative estimate of drug-likeness (QED) is 0.870. The van der Waals surface area contributed by atoms with Crippen molar-refractivity contribution in [3.8, 4) is 0 Å². The summed E-state index contributed by atoms with van der Waals surface area (Å²) >= 11 is 0. The topological polar surface area (TPSA) is 88.3 Å². The molecule has 6 heteroatoms. The minimum Gasteiger partial charge on any atom is -0.349 e. The number of rotatable bonds is 4. The van der Waals surface area contributed by atoms with Crippen LogP contribution in [0.15, 0.2) is 18.3 Å². The summed E-state index contributed by atoms with van der Waals surface area (Å²) < 4.78 is 0. The van der Waals surface area contributed by atoms with Crippen LogP contribution in [-0.4, -0.2) is 46.9 Å². The van der Waals surface area contributed by atoms with Crippen molar-refractivity contribution in [3.05, 3.63) is 29.6 Å². The van der Waals surface area contributed by atoms with Gasteiger partial charge in [0.25, 0.3) is 5.91 Å². The van der Waals surface area contributed by atoms with Crippen molar-refractivity contribution in [3.63, 3.8) is 0 Å². The third-order valence-electron chi connectivity index (χ3n) is 4.48. The molecule has 2 amide bonds. The number of nitrogens with two attached hydrogens (primary N) is 1. The molecular weight excluding hydrogens is 292 g/mol. The molecule has 1 aliphatic rings. The van der Waals surface area contributed by atoms with Crippen LogP contribution in [0.2, 0.25) is 0 Å². The molecular formula is C17H26N4O2. The molecule has 1 aromatic heterocycles. The van der Waals surface area contributed by atoms with Crippen molar-refractivity contribution in [1.82, 2.24) is 15.2 Å². The predicted molar refractivity (Wildman–Crippen MR) is 88.9 cm³/mol. The Balaban J connectivity index is 1.85. The number of carbonyl (C=O) groups excluding carboxylic acids is 2. The monoisotopic (exact) mass is 318 g/mol. The summed E-state index contributed by atoms with van der Waals surface area (Å²) in [4.78, 5) is 30.1. The van der Waals surface area contributed by atoms with Crippen molar-refractivity contribution in [2.24, 2.45) is 11.7 Å². The summed E-state index contributed by atoms with van der Waals surface area (Å²) in [5, 5.41) is 3.05. The third-order valence-corrected chi connectivity index (χ3v) is 4.48. The van der Waals surface area contributed by atoms with Gasteiger partial charge in [0, 0.05) is 31.0 Å². The molecule has 0 aliphatic carbocycles. The lowest BCUT2D eigenvalue weighted by atomic mass is 9.90. The molecule has 23 heavy (non-hydrogen) atoms. The zero-order chi connectivity index (χ0) is 17.0. The molecule has 1 saturated heterocycles. The summed E-state index contributed by atoms with van der Waals surface area (Å²) in [6.07, 6.45) is 3.36. The summed E-state index contributed by atoms with van der Waals surface area (Å²) in [6, 6.07) is 3.24. The van der Waals surface area contributed by atoms with Crippen LogP contribution in [0.4, 0.5) is 0 Å². The van der Waals surface area contributed by atoms with E-state index in [0.717, 1.165) is 18.5 Å². The van der Waals surface area contributed by atoms with Crippen molar-refractivity contribution >= 4 is 11.8 Å². The van der Waals surface area contributed by atoms with Gasteiger partial charge in [0.15, 0.2) is 0 Å². The molecule has 2 atom stereocenters. The number of hydrogen-bond acceptors (Lipinski definition) is 4. The number of hydrogen-bond donors (Lipinski definition) is 2. The minimum absolute atomic E-state index is 0.00543. The molecule has 0 spiro atoms. The molecule has 1 aliphatic heterocycles. The van der Waals surface area contributed by atoms with E-state index in [1.165, 1.54) is 0 Å². The van der Waals surface area contributed by atoms with E-state index in [2.05, 4.69) is 10.3 Å². The summed E-state index contributed by atoms with van der Waals surface area (Å²) in [7, 11) is 0. The first-order valence-corrected chi connectivity index (χ1v) is 8.16. The van der Waals surface area contributed by atoms with Gasteiger partial charge in [-0.1, -0.05) is 0 Å². The highest BCUT2D eigenvalue weighted by molar-refractivity contribution is 5.94. The number of aromatic nitrogens is 1. The van der Waals surface area contributed by atoms with Gasteiger partial charge in [0.2, 0.25) is 5.91 Å². The molecule has 3 N–H and O–H groups in total. The Labute approximate surface area is 137 Å². The Hall–Kier alpha value is -1.95. The van der Waals surface area contributed by atoms with E-state index < -0.39 is 6.04 Å². The number of carbonyl (C=O) groups is 2. The highest BCUT2D eigenvalue weighted by Gasteiger charge is 2.28. The molecule has 1 aromatic rings. The fraction of sp³-hybridized carbons (Fsp3) is 0.588. The second kappa shape index (κ2) is 7.55. The van der Waals surface area contributed by atoms with E-state index in [4.69, 9.17) is 5.73 Å². The standard InChI is InChI=1S/C17H26N4O2/c1-11-4-5-15(10-19-11)16(22)20-13(3)14-6-8-21(9-7-14)17(23)12(2)18/h4-5,10,12-14H,6-9,18H2,1-3H3,(H,20,22). The summed E-state index contributed by atoms with van der Waals surface area (Å²) in [5.74, 6) is 0.277. The molecule has 1 fully saturated rings. The first kappa shape index (κ1) is 17.4. The molecule has 2 heterocycles. The van der Waals surface area contributed by atoms with Crippen LogP contribution in [-0.2, 0) is 4.79 Å². The van der Waals surface area contributed by atoms with Gasteiger partial charge in [-0.3, -0.25) is 14.6 Å². The number of piperidine rings is 1. The SMILES string of the molecule is Cc1ccc(C(=O)NC(C)C2CCN(C(=O)C(C)N)CC2)cn1. The van der Waals surface area contributed by atoms with Gasteiger partial charge < -0.3 is 16.0 Å². The first-order valence-electron chi connectivity index (χ1n) is 8.16. The second-order valence-electron chi connectivity index (χ2n) is 6.40. The third kappa shape index (κ3) is 4.51. The van der Waals surface area contributed by atoms with Gasteiger partial charge in [-0.25, -0.2) is 0 Å². The fourth-order valence-electron chi connectivity index (χ4n) is 2.92. The minimum atomic E-state index is -0.447. The number of pyridine rings is 1.